The third-order valence-corrected chi connectivity index (χ3v) is 9.77. The highest BCUT2D eigenvalue weighted by Crippen LogP contribution is 2.49. The first-order valence-corrected chi connectivity index (χ1v) is 16.2. The zero-order valence-corrected chi connectivity index (χ0v) is 27.6. The number of carbonyl (C=O) groups excluding carboxylic acids is 2. The summed E-state index contributed by atoms with van der Waals surface area (Å²) in [5.74, 6) is -0.439. The number of aromatic hydroxyl groups is 1. The number of aromatic carboxylic acids is 1. The molecular formula is C35H46N2O9. The van der Waals surface area contributed by atoms with Crippen LogP contribution in [0.3, 0.4) is 0 Å². The minimum Gasteiger partial charge on any atom is -0.507 e. The second kappa shape index (κ2) is 13.9. The number of nitrogens with zero attached hydrogens (tertiary/aromatic N) is 1. The molecule has 0 aromatic heterocycles. The number of carboxylic acids is 1. The van der Waals surface area contributed by atoms with Gasteiger partial charge in [-0.2, -0.15) is 0 Å². The zero-order chi connectivity index (χ0) is 33.3. The second-order valence-electron chi connectivity index (χ2n) is 13.4. The Morgan fingerprint density at radius 3 is 2.43 bits per heavy atom. The summed E-state index contributed by atoms with van der Waals surface area (Å²) in [4.78, 5) is 40.6. The maximum absolute atomic E-state index is 13.4. The summed E-state index contributed by atoms with van der Waals surface area (Å²) >= 11 is 0. The van der Waals surface area contributed by atoms with Crippen molar-refractivity contribution in [3.8, 4) is 28.7 Å². The molecule has 0 radical (unpaired) electrons. The minimum absolute atomic E-state index is 0.00330. The zero-order valence-electron chi connectivity index (χ0n) is 27.6. The molecule has 2 fully saturated rings. The predicted octanol–water partition coefficient (Wildman–Crippen LogP) is 5.60. The quantitative estimate of drug-likeness (QED) is 0.235. The number of phenolic OH excluding ortho intramolecular Hbond substituents is 1. The summed E-state index contributed by atoms with van der Waals surface area (Å²) in [6.45, 7) is 11.6. The van der Waals surface area contributed by atoms with E-state index in [-0.39, 0.29) is 71.1 Å². The number of nitrogens with one attached hydrogen (secondary N) is 1. The van der Waals surface area contributed by atoms with Crippen molar-refractivity contribution in [1.29, 1.82) is 0 Å². The lowest BCUT2D eigenvalue weighted by molar-refractivity contribution is -0.132. The van der Waals surface area contributed by atoms with Crippen molar-refractivity contribution in [2.24, 2.45) is 17.8 Å². The molecule has 3 aliphatic rings. The molecule has 2 aliphatic heterocycles. The molecule has 2 aromatic rings. The number of phenols is 1. The molecule has 1 saturated carbocycles. The fourth-order valence-electron chi connectivity index (χ4n) is 7.10. The summed E-state index contributed by atoms with van der Waals surface area (Å²) in [5, 5.41) is 24.1. The van der Waals surface area contributed by atoms with Crippen LogP contribution in [-0.4, -0.2) is 71.9 Å². The van der Waals surface area contributed by atoms with Crippen molar-refractivity contribution in [2.75, 3.05) is 26.8 Å². The first kappa shape index (κ1) is 33.5. The molecule has 3 N–H and O–H groups in total. The molecule has 2 heterocycles. The summed E-state index contributed by atoms with van der Waals surface area (Å²) in [7, 11) is 1.40. The number of ether oxygens (including phenoxy) is 4. The number of likely N-dealkylation sites (tertiary alicyclic amines) is 1. The van der Waals surface area contributed by atoms with E-state index in [0.29, 0.717) is 60.4 Å². The van der Waals surface area contributed by atoms with E-state index in [1.54, 1.807) is 13.8 Å². The number of rotatable bonds is 9. The molecule has 0 spiro atoms. The molecule has 0 bridgehead atoms. The molecule has 1 saturated heterocycles. The van der Waals surface area contributed by atoms with Crippen molar-refractivity contribution in [3.05, 3.63) is 39.9 Å². The van der Waals surface area contributed by atoms with Crippen molar-refractivity contribution in [1.82, 2.24) is 10.2 Å². The van der Waals surface area contributed by atoms with E-state index in [1.807, 2.05) is 0 Å². The average Bonchev–Trinajstić information content (AvgIpc) is 3.15. The Morgan fingerprint density at radius 1 is 1.07 bits per heavy atom. The number of hydrogen-bond acceptors (Lipinski definition) is 9. The number of fused-ring (bicyclic) bond motifs is 2. The highest BCUT2D eigenvalue weighted by atomic mass is 16.6. The highest BCUT2D eigenvalue weighted by Gasteiger charge is 2.35. The van der Waals surface area contributed by atoms with Crippen molar-refractivity contribution in [2.45, 2.75) is 85.4 Å². The highest BCUT2D eigenvalue weighted by molar-refractivity contribution is 6.00. The largest absolute Gasteiger partial charge is 0.507 e. The Kier molecular flexibility index (Phi) is 10.1. The molecule has 5 rings (SSSR count). The second-order valence-corrected chi connectivity index (χ2v) is 13.4. The molecule has 1 amide bonds. The van der Waals surface area contributed by atoms with Gasteiger partial charge in [0.25, 0.3) is 0 Å². The fourth-order valence-corrected chi connectivity index (χ4v) is 7.10. The Morgan fingerprint density at radius 2 is 1.78 bits per heavy atom. The Labute approximate surface area is 270 Å². The molecule has 11 nitrogen and oxygen atoms in total. The summed E-state index contributed by atoms with van der Waals surface area (Å²) in [6, 6.07) is 2.81. The molecule has 250 valence electrons. The number of carboxylic acid groups (broad SMARTS) is 1. The fraction of sp³-hybridized carbons (Fsp3) is 0.571. The van der Waals surface area contributed by atoms with Crippen LogP contribution in [0.25, 0.3) is 0 Å². The SMILES string of the molecule is COc1cc(C(=O)O)c2c(c1C)OC(=O)c1c(C)cc(O)c(CN3CCC(NC(=O)CO[C@@H]4C[C@H](C)CC[C@H]4C(C)C)CC3)c1O2. The van der Waals surface area contributed by atoms with Crippen LogP contribution in [0.5, 0.6) is 28.7 Å². The van der Waals surface area contributed by atoms with Gasteiger partial charge in [0, 0.05) is 31.2 Å². The lowest BCUT2D eigenvalue weighted by Crippen LogP contribution is -2.46. The number of esters is 1. The molecule has 1 aliphatic carbocycles. The van der Waals surface area contributed by atoms with Gasteiger partial charge in [0.15, 0.2) is 17.2 Å². The molecular weight excluding hydrogens is 592 g/mol. The first-order chi connectivity index (χ1) is 21.9. The Hall–Kier alpha value is -3.83. The first-order valence-electron chi connectivity index (χ1n) is 16.2. The predicted molar refractivity (Wildman–Crippen MR) is 170 cm³/mol. The van der Waals surface area contributed by atoms with Crippen LogP contribution in [0.4, 0.5) is 0 Å². The van der Waals surface area contributed by atoms with Crippen molar-refractivity contribution in [3.63, 3.8) is 0 Å². The number of benzene rings is 2. The van der Waals surface area contributed by atoms with E-state index in [0.717, 1.165) is 12.8 Å². The lowest BCUT2D eigenvalue weighted by Gasteiger charge is -2.37. The third kappa shape index (κ3) is 6.95. The van der Waals surface area contributed by atoms with Gasteiger partial charge in [-0.15, -0.1) is 0 Å². The van der Waals surface area contributed by atoms with E-state index in [4.69, 9.17) is 18.9 Å². The van der Waals surface area contributed by atoms with E-state index >= 15 is 0 Å². The van der Waals surface area contributed by atoms with Crippen LogP contribution in [0, 0.1) is 31.6 Å². The Balaban J connectivity index is 1.27. The topological polar surface area (TPSA) is 144 Å². The van der Waals surface area contributed by atoms with Crippen LogP contribution in [-0.2, 0) is 16.1 Å². The van der Waals surface area contributed by atoms with E-state index in [1.165, 1.54) is 25.7 Å². The van der Waals surface area contributed by atoms with Crippen LogP contribution in [0.2, 0.25) is 0 Å². The van der Waals surface area contributed by atoms with Gasteiger partial charge < -0.3 is 34.5 Å². The van der Waals surface area contributed by atoms with Gasteiger partial charge in [-0.1, -0.05) is 27.2 Å². The van der Waals surface area contributed by atoms with Gasteiger partial charge in [-0.3, -0.25) is 9.69 Å². The number of methoxy groups -OCH3 is 1. The maximum Gasteiger partial charge on any atom is 0.347 e. The van der Waals surface area contributed by atoms with Crippen molar-refractivity contribution >= 4 is 17.8 Å². The number of carbonyl (C=O) groups is 3. The molecule has 3 atom stereocenters. The van der Waals surface area contributed by atoms with Crippen LogP contribution >= 0.6 is 0 Å². The van der Waals surface area contributed by atoms with Gasteiger partial charge in [-0.05, 0) is 75.0 Å². The molecule has 0 unspecified atom stereocenters. The van der Waals surface area contributed by atoms with Gasteiger partial charge in [0.2, 0.25) is 5.91 Å². The minimum atomic E-state index is -1.28. The number of piperidine rings is 1. The lowest BCUT2D eigenvalue weighted by atomic mass is 9.75. The average molecular weight is 639 g/mol. The maximum atomic E-state index is 13.4. The number of hydrogen-bond donors (Lipinski definition) is 3. The monoisotopic (exact) mass is 638 g/mol. The molecule has 46 heavy (non-hydrogen) atoms. The summed E-state index contributed by atoms with van der Waals surface area (Å²) < 4.78 is 23.4. The van der Waals surface area contributed by atoms with Crippen LogP contribution < -0.4 is 19.5 Å². The van der Waals surface area contributed by atoms with Crippen LogP contribution in [0.15, 0.2) is 12.1 Å². The van der Waals surface area contributed by atoms with E-state index in [9.17, 15) is 24.6 Å². The summed E-state index contributed by atoms with van der Waals surface area (Å²) in [6.07, 6.45) is 4.84. The standard InChI is InChI=1S/C35H46N2O9/c1-18(2)23-8-7-19(3)13-28(23)44-17-29(39)36-22-9-11-37(12-10-22)16-25-26(38)14-20(4)30-32(25)45-33-24(34(40)41)15-27(43-6)21(5)31(33)46-35(30)42/h14-15,18-19,22-23,28,38H,7-13,16-17H2,1-6H3,(H,36,39)(H,40,41)/t19-,23+,28-/m1/s1. The van der Waals surface area contributed by atoms with Gasteiger partial charge in [0.1, 0.15) is 29.2 Å². The Bertz CT molecular complexity index is 1500. The normalized spacial score (nSPS) is 21.9. The van der Waals surface area contributed by atoms with Gasteiger partial charge >= 0.3 is 11.9 Å². The van der Waals surface area contributed by atoms with E-state index < -0.39 is 11.9 Å². The molecule has 2 aromatic carbocycles. The van der Waals surface area contributed by atoms with E-state index in [2.05, 4.69) is 31.0 Å². The number of amides is 1. The summed E-state index contributed by atoms with van der Waals surface area (Å²) in [5.41, 5.74) is 1.08. The van der Waals surface area contributed by atoms with Gasteiger partial charge in [-0.25, -0.2) is 9.59 Å². The van der Waals surface area contributed by atoms with Gasteiger partial charge in [0.05, 0.1) is 18.8 Å². The smallest absolute Gasteiger partial charge is 0.347 e. The third-order valence-electron chi connectivity index (χ3n) is 9.77. The number of aryl methyl sites for hydroxylation is 1. The molecule has 11 heteroatoms. The van der Waals surface area contributed by atoms with Crippen LogP contribution in [0.1, 0.15) is 90.3 Å². The van der Waals surface area contributed by atoms with Crippen molar-refractivity contribution < 1.29 is 43.5 Å².